The fraction of sp³-hybridized carbons (Fsp3) is 0. The minimum atomic E-state index is -0.666. The SMILES string of the molecule is O=C1Nc2ccc3ccccc3c2-c2c(ccc3ccccc23)NC1=O. The maximum Gasteiger partial charge on any atom is 0.314 e. The lowest BCUT2D eigenvalue weighted by Gasteiger charge is -2.22. The Hall–Kier alpha value is -3.66. The molecule has 4 heteroatoms. The van der Waals surface area contributed by atoms with Gasteiger partial charge < -0.3 is 10.6 Å². The fourth-order valence-corrected chi connectivity index (χ4v) is 3.65. The van der Waals surface area contributed by atoms with E-state index in [2.05, 4.69) is 10.6 Å². The molecule has 0 saturated heterocycles. The van der Waals surface area contributed by atoms with Crippen LogP contribution in [-0.4, -0.2) is 11.8 Å². The number of carbonyl (C=O) groups is 2. The minimum absolute atomic E-state index is 0.640. The van der Waals surface area contributed by atoms with E-state index in [0.717, 1.165) is 32.7 Å². The predicted molar refractivity (Wildman–Crippen MR) is 104 cm³/mol. The summed E-state index contributed by atoms with van der Waals surface area (Å²) >= 11 is 0. The molecular weight excluding hydrogens is 324 g/mol. The van der Waals surface area contributed by atoms with Gasteiger partial charge in [-0.05, 0) is 33.7 Å². The van der Waals surface area contributed by atoms with Crippen LogP contribution >= 0.6 is 0 Å². The number of carbonyl (C=O) groups excluding carboxylic acids is 2. The number of anilines is 2. The zero-order valence-corrected chi connectivity index (χ0v) is 13.7. The van der Waals surface area contributed by atoms with Crippen molar-refractivity contribution in [3.63, 3.8) is 0 Å². The summed E-state index contributed by atoms with van der Waals surface area (Å²) in [6.07, 6.45) is 0. The number of rotatable bonds is 0. The van der Waals surface area contributed by atoms with E-state index in [4.69, 9.17) is 0 Å². The van der Waals surface area contributed by atoms with Gasteiger partial charge in [0.15, 0.2) is 0 Å². The smallest absolute Gasteiger partial charge is 0.314 e. The maximum absolute atomic E-state index is 12.2. The molecule has 1 aliphatic heterocycles. The fourth-order valence-electron chi connectivity index (χ4n) is 3.65. The standard InChI is InChI=1S/C22H14N2O2/c25-21-22(26)24-18-12-10-14-6-2-4-8-16(14)20(18)19-15-7-3-1-5-13(15)9-11-17(19)23-21/h1-12H,(H,23,25)(H,24,26). The molecule has 4 aromatic carbocycles. The van der Waals surface area contributed by atoms with Gasteiger partial charge in [-0.15, -0.1) is 0 Å². The molecule has 124 valence electrons. The first-order valence-electron chi connectivity index (χ1n) is 8.38. The molecule has 1 heterocycles. The largest absolute Gasteiger partial charge is 0.317 e. The first kappa shape index (κ1) is 14.7. The van der Waals surface area contributed by atoms with Crippen LogP contribution in [0.15, 0.2) is 72.8 Å². The Morgan fingerprint density at radius 2 is 0.923 bits per heavy atom. The Bertz CT molecular complexity index is 1130. The lowest BCUT2D eigenvalue weighted by Crippen LogP contribution is -2.30. The summed E-state index contributed by atoms with van der Waals surface area (Å²) in [6.45, 7) is 0. The number of hydrogen-bond donors (Lipinski definition) is 2. The van der Waals surface area contributed by atoms with Crippen molar-refractivity contribution in [1.82, 2.24) is 0 Å². The van der Waals surface area contributed by atoms with Crippen molar-refractivity contribution >= 4 is 44.7 Å². The van der Waals surface area contributed by atoms with E-state index in [1.165, 1.54) is 0 Å². The number of nitrogens with one attached hydrogen (secondary N) is 2. The van der Waals surface area contributed by atoms with E-state index in [9.17, 15) is 9.59 Å². The molecule has 0 spiro atoms. The molecule has 26 heavy (non-hydrogen) atoms. The Labute approximate surface area is 149 Å². The van der Waals surface area contributed by atoms with E-state index in [-0.39, 0.29) is 0 Å². The molecule has 1 aliphatic rings. The van der Waals surface area contributed by atoms with E-state index in [1.54, 1.807) is 0 Å². The van der Waals surface area contributed by atoms with Gasteiger partial charge in [-0.1, -0.05) is 60.7 Å². The van der Waals surface area contributed by atoms with Crippen molar-refractivity contribution in [3.05, 3.63) is 72.8 Å². The van der Waals surface area contributed by atoms with Crippen LogP contribution in [0.5, 0.6) is 0 Å². The van der Waals surface area contributed by atoms with Crippen LogP contribution in [-0.2, 0) is 9.59 Å². The second-order valence-corrected chi connectivity index (χ2v) is 6.33. The van der Waals surface area contributed by atoms with E-state index >= 15 is 0 Å². The molecule has 0 saturated carbocycles. The van der Waals surface area contributed by atoms with E-state index in [1.807, 2.05) is 72.8 Å². The predicted octanol–water partition coefficient (Wildman–Crippen LogP) is 4.55. The summed E-state index contributed by atoms with van der Waals surface area (Å²) in [4.78, 5) is 24.4. The summed E-state index contributed by atoms with van der Waals surface area (Å²) in [5, 5.41) is 9.72. The van der Waals surface area contributed by atoms with Crippen LogP contribution in [0.25, 0.3) is 32.7 Å². The molecule has 5 rings (SSSR count). The normalized spacial score (nSPS) is 13.4. The number of amides is 2. The molecule has 0 radical (unpaired) electrons. The van der Waals surface area contributed by atoms with Gasteiger partial charge in [0, 0.05) is 22.5 Å². The Morgan fingerprint density at radius 1 is 0.500 bits per heavy atom. The highest BCUT2D eigenvalue weighted by Gasteiger charge is 2.25. The van der Waals surface area contributed by atoms with Crippen molar-refractivity contribution in [2.75, 3.05) is 10.6 Å². The summed E-state index contributed by atoms with van der Waals surface area (Å²) in [5.41, 5.74) is 3.12. The molecule has 0 bridgehead atoms. The van der Waals surface area contributed by atoms with Gasteiger partial charge in [0.1, 0.15) is 0 Å². The Kier molecular flexibility index (Phi) is 3.06. The summed E-state index contributed by atoms with van der Waals surface area (Å²) < 4.78 is 0. The monoisotopic (exact) mass is 338 g/mol. The van der Waals surface area contributed by atoms with Crippen molar-refractivity contribution < 1.29 is 9.59 Å². The maximum atomic E-state index is 12.2. The van der Waals surface area contributed by atoms with Gasteiger partial charge in [-0.25, -0.2) is 0 Å². The number of benzene rings is 4. The minimum Gasteiger partial charge on any atom is -0.317 e. The number of hydrogen-bond acceptors (Lipinski definition) is 2. The van der Waals surface area contributed by atoms with Crippen LogP contribution in [0.2, 0.25) is 0 Å². The third kappa shape index (κ3) is 2.09. The van der Waals surface area contributed by atoms with Crippen LogP contribution in [0.1, 0.15) is 0 Å². The van der Waals surface area contributed by atoms with Gasteiger partial charge in [-0.3, -0.25) is 9.59 Å². The lowest BCUT2D eigenvalue weighted by molar-refractivity contribution is -0.133. The van der Waals surface area contributed by atoms with E-state index < -0.39 is 11.8 Å². The zero-order valence-electron chi connectivity index (χ0n) is 13.7. The highest BCUT2D eigenvalue weighted by Crippen LogP contribution is 2.44. The van der Waals surface area contributed by atoms with Crippen LogP contribution in [0.4, 0.5) is 11.4 Å². The highest BCUT2D eigenvalue weighted by atomic mass is 16.2. The van der Waals surface area contributed by atoms with Crippen molar-refractivity contribution in [1.29, 1.82) is 0 Å². The number of fused-ring (bicyclic) bond motifs is 7. The van der Waals surface area contributed by atoms with Crippen molar-refractivity contribution in [2.45, 2.75) is 0 Å². The first-order chi connectivity index (χ1) is 12.7. The zero-order chi connectivity index (χ0) is 17.7. The molecule has 4 aromatic rings. The van der Waals surface area contributed by atoms with Crippen LogP contribution in [0.3, 0.4) is 0 Å². The molecule has 0 aromatic heterocycles. The van der Waals surface area contributed by atoms with Gasteiger partial charge in [-0.2, -0.15) is 0 Å². The Balaban J connectivity index is 2.00. The molecular formula is C22H14N2O2. The summed E-state index contributed by atoms with van der Waals surface area (Å²) in [6, 6.07) is 23.7. The van der Waals surface area contributed by atoms with Gasteiger partial charge >= 0.3 is 11.8 Å². The molecule has 2 amide bonds. The van der Waals surface area contributed by atoms with Crippen LogP contribution in [0, 0.1) is 0 Å². The average Bonchev–Trinajstić information content (AvgIpc) is 2.67. The Morgan fingerprint density at radius 3 is 1.38 bits per heavy atom. The lowest BCUT2D eigenvalue weighted by atomic mass is 9.90. The van der Waals surface area contributed by atoms with Gasteiger partial charge in [0.25, 0.3) is 0 Å². The second-order valence-electron chi connectivity index (χ2n) is 6.33. The van der Waals surface area contributed by atoms with Gasteiger partial charge in [0.2, 0.25) is 0 Å². The average molecular weight is 338 g/mol. The third-order valence-electron chi connectivity index (χ3n) is 4.81. The van der Waals surface area contributed by atoms with Crippen LogP contribution < -0.4 is 10.6 Å². The van der Waals surface area contributed by atoms with Crippen molar-refractivity contribution in [2.24, 2.45) is 0 Å². The summed E-state index contributed by atoms with van der Waals surface area (Å²) in [7, 11) is 0. The third-order valence-corrected chi connectivity index (χ3v) is 4.81. The quantitative estimate of drug-likeness (QED) is 0.462. The molecule has 0 aliphatic carbocycles. The molecule has 0 fully saturated rings. The molecule has 2 N–H and O–H groups in total. The summed E-state index contributed by atoms with van der Waals surface area (Å²) in [5.74, 6) is -1.33. The topological polar surface area (TPSA) is 58.2 Å². The molecule has 0 unspecified atom stereocenters. The first-order valence-corrected chi connectivity index (χ1v) is 8.38. The second kappa shape index (κ2) is 5.43. The molecule has 0 atom stereocenters. The highest BCUT2D eigenvalue weighted by molar-refractivity contribution is 6.45. The van der Waals surface area contributed by atoms with Gasteiger partial charge in [0.05, 0.1) is 0 Å². The van der Waals surface area contributed by atoms with E-state index in [0.29, 0.717) is 11.4 Å². The molecule has 4 nitrogen and oxygen atoms in total. The van der Waals surface area contributed by atoms with Crippen molar-refractivity contribution in [3.8, 4) is 11.1 Å².